The number of benzene rings is 1. The number of allylic oxidation sites excluding steroid dienone is 1. The molecule has 1 atom stereocenters. The first kappa shape index (κ1) is 26.1. The molecule has 184 valence electrons. The van der Waals surface area contributed by atoms with E-state index in [0.717, 1.165) is 18.5 Å². The van der Waals surface area contributed by atoms with E-state index in [9.17, 15) is 9.30 Å². The molecule has 0 spiro atoms. The molecule has 9 nitrogen and oxygen atoms in total. The Labute approximate surface area is 211 Å². The van der Waals surface area contributed by atoms with Crippen LogP contribution in [0.3, 0.4) is 0 Å². The van der Waals surface area contributed by atoms with E-state index in [1.165, 1.54) is 31.2 Å². The first-order valence-electron chi connectivity index (χ1n) is 11.0. The van der Waals surface area contributed by atoms with Crippen molar-refractivity contribution in [2.75, 3.05) is 13.1 Å². The second kappa shape index (κ2) is 12.3. The summed E-state index contributed by atoms with van der Waals surface area (Å²) in [6.45, 7) is 4.47. The number of aromatic nitrogens is 1. The molecule has 2 aromatic rings. The van der Waals surface area contributed by atoms with Gasteiger partial charge in [0.15, 0.2) is 11.6 Å². The molecule has 1 saturated carbocycles. The van der Waals surface area contributed by atoms with Crippen molar-refractivity contribution in [1.29, 1.82) is 0 Å². The van der Waals surface area contributed by atoms with Crippen LogP contribution in [-0.4, -0.2) is 36.5 Å². The van der Waals surface area contributed by atoms with Crippen LogP contribution in [0.2, 0.25) is 0 Å². The number of rotatable bonds is 10. The second-order valence-corrected chi connectivity index (χ2v) is 9.04. The Balaban J connectivity index is 1.92. The third-order valence-corrected chi connectivity index (χ3v) is 5.73. The lowest BCUT2D eigenvalue weighted by Crippen LogP contribution is -2.13. The van der Waals surface area contributed by atoms with Gasteiger partial charge in [-0.05, 0) is 78.0 Å². The van der Waals surface area contributed by atoms with Gasteiger partial charge in [0, 0.05) is 45.8 Å². The molecule has 1 aliphatic carbocycles. The van der Waals surface area contributed by atoms with Crippen LogP contribution in [-0.2, 0) is 0 Å². The predicted molar refractivity (Wildman–Crippen MR) is 140 cm³/mol. The lowest BCUT2D eigenvalue weighted by molar-refractivity contribution is 0.226. The van der Waals surface area contributed by atoms with Gasteiger partial charge in [-0.25, -0.2) is 14.4 Å². The monoisotopic (exact) mass is 543 g/mol. The molecule has 35 heavy (non-hydrogen) atoms. The number of aliphatic imine (C=N–C) groups is 3. The SMILES string of the molecule is CC(N)=C(C=NCC1CC1)CN=C(N=CN)c1ccc(F)cc1[C@@H](C)Oc1cc(Br)cnc1N=O. The topological polar surface area (TPSA) is 141 Å². The Morgan fingerprint density at radius 1 is 1.37 bits per heavy atom. The lowest BCUT2D eigenvalue weighted by Gasteiger charge is -2.19. The third kappa shape index (κ3) is 7.51. The van der Waals surface area contributed by atoms with Gasteiger partial charge in [-0.15, -0.1) is 4.91 Å². The Morgan fingerprint density at radius 3 is 2.80 bits per heavy atom. The number of halogens is 2. The summed E-state index contributed by atoms with van der Waals surface area (Å²) in [4.78, 5) is 28.3. The number of nitroso groups, excluding NO2 is 1. The smallest absolute Gasteiger partial charge is 0.239 e. The molecule has 0 unspecified atom stereocenters. The van der Waals surface area contributed by atoms with E-state index in [0.29, 0.717) is 27.2 Å². The number of hydrogen-bond donors (Lipinski definition) is 2. The molecule has 0 radical (unpaired) electrons. The summed E-state index contributed by atoms with van der Waals surface area (Å²) in [6, 6.07) is 5.74. The van der Waals surface area contributed by atoms with E-state index in [1.807, 2.05) is 0 Å². The van der Waals surface area contributed by atoms with Crippen LogP contribution < -0.4 is 16.2 Å². The zero-order valence-corrected chi connectivity index (χ0v) is 21.1. The number of hydrogen-bond acceptors (Lipinski definition) is 7. The lowest BCUT2D eigenvalue weighted by atomic mass is 10.0. The van der Waals surface area contributed by atoms with Crippen LogP contribution in [0, 0.1) is 16.6 Å². The molecule has 1 fully saturated rings. The second-order valence-electron chi connectivity index (χ2n) is 8.12. The summed E-state index contributed by atoms with van der Waals surface area (Å²) in [5.74, 6) is 0.486. The third-order valence-electron chi connectivity index (χ3n) is 5.29. The maximum absolute atomic E-state index is 14.2. The van der Waals surface area contributed by atoms with Crippen LogP contribution in [0.25, 0.3) is 0 Å². The number of amidine groups is 1. The van der Waals surface area contributed by atoms with Crippen molar-refractivity contribution in [3.63, 3.8) is 0 Å². The van der Waals surface area contributed by atoms with Crippen LogP contribution in [0.4, 0.5) is 10.2 Å². The molecule has 1 aromatic carbocycles. The minimum absolute atomic E-state index is 0.120. The van der Waals surface area contributed by atoms with Gasteiger partial charge in [0.1, 0.15) is 11.9 Å². The van der Waals surface area contributed by atoms with Crippen LogP contribution >= 0.6 is 15.9 Å². The highest BCUT2D eigenvalue weighted by molar-refractivity contribution is 9.10. The molecule has 0 aliphatic heterocycles. The van der Waals surface area contributed by atoms with Gasteiger partial charge >= 0.3 is 0 Å². The highest BCUT2D eigenvalue weighted by Crippen LogP contribution is 2.33. The molecule has 11 heteroatoms. The van der Waals surface area contributed by atoms with E-state index >= 15 is 0 Å². The summed E-state index contributed by atoms with van der Waals surface area (Å²) in [5, 5.41) is 2.89. The maximum Gasteiger partial charge on any atom is 0.239 e. The minimum Gasteiger partial charge on any atom is -0.482 e. The van der Waals surface area contributed by atoms with Gasteiger partial charge in [0.2, 0.25) is 5.82 Å². The van der Waals surface area contributed by atoms with Crippen LogP contribution in [0.1, 0.15) is 43.9 Å². The minimum atomic E-state index is -0.707. The summed E-state index contributed by atoms with van der Waals surface area (Å²) >= 11 is 3.29. The number of pyridine rings is 1. The Kier molecular flexibility index (Phi) is 9.18. The Bertz CT molecular complexity index is 1190. The fourth-order valence-electron chi connectivity index (χ4n) is 3.20. The van der Waals surface area contributed by atoms with Crippen molar-refractivity contribution in [2.45, 2.75) is 32.8 Å². The first-order valence-corrected chi connectivity index (χ1v) is 11.8. The molecular formula is C24H27BrFN7O2. The zero-order valence-electron chi connectivity index (χ0n) is 19.5. The maximum atomic E-state index is 14.2. The Morgan fingerprint density at radius 2 is 2.14 bits per heavy atom. The highest BCUT2D eigenvalue weighted by Gasteiger charge is 2.21. The van der Waals surface area contributed by atoms with Crippen molar-refractivity contribution < 1.29 is 9.13 Å². The number of nitrogens with zero attached hydrogens (tertiary/aromatic N) is 5. The Hall–Kier alpha value is -3.47. The fraction of sp³-hybridized carbons (Fsp3) is 0.333. The summed E-state index contributed by atoms with van der Waals surface area (Å²) < 4.78 is 20.8. The van der Waals surface area contributed by atoms with Crippen molar-refractivity contribution in [2.24, 2.45) is 37.5 Å². The fourth-order valence-corrected chi connectivity index (χ4v) is 3.51. The van der Waals surface area contributed by atoms with E-state index in [4.69, 9.17) is 16.2 Å². The average Bonchev–Trinajstić information content (AvgIpc) is 3.65. The molecule has 4 N–H and O–H groups in total. The first-order chi connectivity index (χ1) is 16.8. The zero-order chi connectivity index (χ0) is 25.4. The standard InChI is InChI=1S/C24H27BrFN7O2/c1-14(28)17(10-29-9-16-3-4-16)11-30-23(32-13-27)20-6-5-19(26)8-21(20)15(2)35-22-7-18(25)12-31-24(22)33-34/h5-8,10,12-13,15-16H,3-4,9,11,28H2,1-2H3,(H2,27,30,32)/t15-/m1/s1. The predicted octanol–water partition coefficient (Wildman–Crippen LogP) is 4.97. The van der Waals surface area contributed by atoms with Crippen molar-refractivity contribution in [3.8, 4) is 5.75 Å². The van der Waals surface area contributed by atoms with E-state index in [2.05, 4.69) is 41.1 Å². The van der Waals surface area contributed by atoms with E-state index in [-0.39, 0.29) is 23.9 Å². The number of nitrogens with two attached hydrogens (primary N) is 2. The molecule has 1 heterocycles. The van der Waals surface area contributed by atoms with Crippen molar-refractivity contribution in [1.82, 2.24) is 4.98 Å². The van der Waals surface area contributed by atoms with Crippen molar-refractivity contribution in [3.05, 3.63) is 68.1 Å². The molecule has 0 saturated heterocycles. The molecule has 0 amide bonds. The highest BCUT2D eigenvalue weighted by atomic mass is 79.9. The van der Waals surface area contributed by atoms with Gasteiger partial charge in [0.05, 0.1) is 12.9 Å². The van der Waals surface area contributed by atoms with Gasteiger partial charge in [-0.1, -0.05) is 0 Å². The van der Waals surface area contributed by atoms with Gasteiger partial charge in [-0.3, -0.25) is 9.98 Å². The van der Waals surface area contributed by atoms with Gasteiger partial charge in [0.25, 0.3) is 0 Å². The molecule has 3 rings (SSSR count). The summed E-state index contributed by atoms with van der Waals surface area (Å²) in [7, 11) is 0. The molecule has 1 aromatic heterocycles. The normalized spacial score (nSPS) is 15.9. The van der Waals surface area contributed by atoms with Crippen LogP contribution in [0.5, 0.6) is 5.75 Å². The molecule has 1 aliphatic rings. The van der Waals surface area contributed by atoms with Gasteiger partial charge < -0.3 is 16.2 Å². The van der Waals surface area contributed by atoms with Crippen LogP contribution in [0.15, 0.2) is 66.4 Å². The van der Waals surface area contributed by atoms with Crippen molar-refractivity contribution >= 4 is 40.1 Å². The average molecular weight is 544 g/mol. The van der Waals surface area contributed by atoms with E-state index < -0.39 is 11.9 Å². The van der Waals surface area contributed by atoms with E-state index in [1.54, 1.807) is 32.2 Å². The van der Waals surface area contributed by atoms with Gasteiger partial charge in [-0.2, -0.15) is 0 Å². The summed E-state index contributed by atoms with van der Waals surface area (Å²) in [6.07, 6.45) is 6.00. The molecular weight excluding hydrogens is 517 g/mol. The largest absolute Gasteiger partial charge is 0.482 e. The molecule has 0 bridgehead atoms. The summed E-state index contributed by atoms with van der Waals surface area (Å²) in [5.41, 5.74) is 13.9. The quantitative estimate of drug-likeness (QED) is 0.247. The number of ether oxygens (including phenoxy) is 1.